The van der Waals surface area contributed by atoms with Crippen LogP contribution in [0.5, 0.6) is 0 Å². The summed E-state index contributed by atoms with van der Waals surface area (Å²) < 4.78 is 5.65. The first kappa shape index (κ1) is 12.9. The molecule has 80 valence electrons. The van der Waals surface area contributed by atoms with Crippen LogP contribution < -0.4 is 5.73 Å². The highest BCUT2D eigenvalue weighted by atomic mass is 16.5. The van der Waals surface area contributed by atoms with Gasteiger partial charge in [0.05, 0.1) is 6.10 Å². The molecule has 3 heteroatoms. The van der Waals surface area contributed by atoms with E-state index in [9.17, 15) is 0 Å². The van der Waals surface area contributed by atoms with Gasteiger partial charge in [-0.1, -0.05) is 13.8 Å². The fourth-order valence-electron chi connectivity index (χ4n) is 1.15. The van der Waals surface area contributed by atoms with Crippen LogP contribution in [-0.4, -0.2) is 44.8 Å². The number of rotatable bonds is 7. The van der Waals surface area contributed by atoms with Gasteiger partial charge in [-0.15, -0.1) is 0 Å². The van der Waals surface area contributed by atoms with E-state index >= 15 is 0 Å². The van der Waals surface area contributed by atoms with E-state index in [-0.39, 0.29) is 6.10 Å². The maximum Gasteiger partial charge on any atom is 0.0720 e. The average Bonchev–Trinajstić information content (AvgIpc) is 2.03. The molecule has 0 aliphatic carbocycles. The zero-order chi connectivity index (χ0) is 10.3. The van der Waals surface area contributed by atoms with Crippen LogP contribution in [0.2, 0.25) is 0 Å². The van der Waals surface area contributed by atoms with Crippen molar-refractivity contribution in [2.24, 2.45) is 11.7 Å². The molecular formula is C10H24N2O. The van der Waals surface area contributed by atoms with Crippen LogP contribution in [0.15, 0.2) is 0 Å². The third kappa shape index (κ3) is 6.99. The molecule has 0 heterocycles. The maximum absolute atomic E-state index is 5.65. The van der Waals surface area contributed by atoms with E-state index in [0.29, 0.717) is 12.5 Å². The molecule has 1 atom stereocenters. The molecule has 0 aliphatic heterocycles. The molecule has 0 bridgehead atoms. The van der Waals surface area contributed by atoms with Gasteiger partial charge in [0.25, 0.3) is 0 Å². The molecule has 3 nitrogen and oxygen atoms in total. The summed E-state index contributed by atoms with van der Waals surface area (Å²) in [7, 11) is 4.14. The van der Waals surface area contributed by atoms with Crippen LogP contribution in [0.1, 0.15) is 20.3 Å². The summed E-state index contributed by atoms with van der Waals surface area (Å²) in [5, 5.41) is 0. The quantitative estimate of drug-likeness (QED) is 0.604. The summed E-state index contributed by atoms with van der Waals surface area (Å²) >= 11 is 0. The Morgan fingerprint density at radius 1 is 1.31 bits per heavy atom. The standard InChI is InChI=1S/C10H24N2O/c1-9(2)10(8-11)13-7-5-6-12(3)4/h9-10H,5-8,11H2,1-4H3. The van der Waals surface area contributed by atoms with Crippen molar-refractivity contribution in [3.63, 3.8) is 0 Å². The maximum atomic E-state index is 5.65. The summed E-state index contributed by atoms with van der Waals surface area (Å²) in [6.07, 6.45) is 1.30. The van der Waals surface area contributed by atoms with Gasteiger partial charge < -0.3 is 15.4 Å². The number of nitrogens with zero attached hydrogens (tertiary/aromatic N) is 1. The van der Waals surface area contributed by atoms with Crippen molar-refractivity contribution in [2.75, 3.05) is 33.8 Å². The molecule has 0 amide bonds. The first-order chi connectivity index (χ1) is 6.07. The first-order valence-electron chi connectivity index (χ1n) is 5.04. The van der Waals surface area contributed by atoms with Crippen LogP contribution in [0.3, 0.4) is 0 Å². The number of hydrogen-bond donors (Lipinski definition) is 1. The zero-order valence-electron chi connectivity index (χ0n) is 9.42. The fourth-order valence-corrected chi connectivity index (χ4v) is 1.15. The van der Waals surface area contributed by atoms with Gasteiger partial charge in [-0.25, -0.2) is 0 Å². The second-order valence-corrected chi connectivity index (χ2v) is 4.05. The molecule has 0 aliphatic rings. The highest BCUT2D eigenvalue weighted by Crippen LogP contribution is 2.05. The Morgan fingerprint density at radius 2 is 1.92 bits per heavy atom. The van der Waals surface area contributed by atoms with Gasteiger partial charge in [-0.05, 0) is 33.0 Å². The number of ether oxygens (including phenoxy) is 1. The van der Waals surface area contributed by atoms with Crippen molar-refractivity contribution >= 4 is 0 Å². The normalized spacial score (nSPS) is 14.1. The summed E-state index contributed by atoms with van der Waals surface area (Å²) in [4.78, 5) is 2.16. The van der Waals surface area contributed by atoms with E-state index in [1.54, 1.807) is 0 Å². The molecule has 0 fully saturated rings. The van der Waals surface area contributed by atoms with Crippen molar-refractivity contribution in [1.29, 1.82) is 0 Å². The topological polar surface area (TPSA) is 38.5 Å². The Labute approximate surface area is 82.2 Å². The lowest BCUT2D eigenvalue weighted by Gasteiger charge is -2.20. The third-order valence-electron chi connectivity index (χ3n) is 2.06. The van der Waals surface area contributed by atoms with Gasteiger partial charge in [-0.2, -0.15) is 0 Å². The van der Waals surface area contributed by atoms with Crippen LogP contribution in [0.25, 0.3) is 0 Å². The van der Waals surface area contributed by atoms with Crippen molar-refractivity contribution in [1.82, 2.24) is 4.90 Å². The van der Waals surface area contributed by atoms with Gasteiger partial charge in [0.1, 0.15) is 0 Å². The van der Waals surface area contributed by atoms with Crippen LogP contribution in [0.4, 0.5) is 0 Å². The Balaban J connectivity index is 3.39. The van der Waals surface area contributed by atoms with Gasteiger partial charge in [0, 0.05) is 13.2 Å². The summed E-state index contributed by atoms with van der Waals surface area (Å²) in [5.41, 5.74) is 5.58. The molecule has 13 heavy (non-hydrogen) atoms. The minimum atomic E-state index is 0.224. The fraction of sp³-hybridized carbons (Fsp3) is 1.00. The summed E-state index contributed by atoms with van der Waals surface area (Å²) in [6, 6.07) is 0. The smallest absolute Gasteiger partial charge is 0.0720 e. The van der Waals surface area contributed by atoms with Crippen molar-refractivity contribution in [3.8, 4) is 0 Å². The Kier molecular flexibility index (Phi) is 7.23. The molecule has 1 unspecified atom stereocenters. The summed E-state index contributed by atoms with van der Waals surface area (Å²) in [6.45, 7) is 6.81. The molecule has 0 aromatic carbocycles. The molecular weight excluding hydrogens is 164 g/mol. The minimum Gasteiger partial charge on any atom is -0.377 e. The van der Waals surface area contributed by atoms with Crippen molar-refractivity contribution < 1.29 is 4.74 Å². The summed E-state index contributed by atoms with van der Waals surface area (Å²) in [5.74, 6) is 0.518. The van der Waals surface area contributed by atoms with E-state index in [1.807, 2.05) is 0 Å². The lowest BCUT2D eigenvalue weighted by atomic mass is 10.1. The average molecular weight is 188 g/mol. The minimum absolute atomic E-state index is 0.224. The molecule has 0 aromatic heterocycles. The van der Waals surface area contributed by atoms with E-state index in [2.05, 4.69) is 32.8 Å². The molecule has 0 saturated heterocycles. The molecule has 0 rings (SSSR count). The van der Waals surface area contributed by atoms with E-state index in [0.717, 1.165) is 19.6 Å². The van der Waals surface area contributed by atoms with Gasteiger partial charge in [-0.3, -0.25) is 0 Å². The first-order valence-corrected chi connectivity index (χ1v) is 5.04. The predicted molar refractivity (Wildman–Crippen MR) is 56.8 cm³/mol. The number of hydrogen-bond acceptors (Lipinski definition) is 3. The second-order valence-electron chi connectivity index (χ2n) is 4.05. The van der Waals surface area contributed by atoms with Crippen molar-refractivity contribution in [3.05, 3.63) is 0 Å². The highest BCUT2D eigenvalue weighted by molar-refractivity contribution is 4.62. The zero-order valence-corrected chi connectivity index (χ0v) is 9.42. The third-order valence-corrected chi connectivity index (χ3v) is 2.06. The van der Waals surface area contributed by atoms with E-state index < -0.39 is 0 Å². The predicted octanol–water partition coefficient (Wildman–Crippen LogP) is 0.938. The molecule has 0 saturated carbocycles. The monoisotopic (exact) mass is 188 g/mol. The lowest BCUT2D eigenvalue weighted by molar-refractivity contribution is 0.0251. The molecule has 0 aromatic rings. The molecule has 2 N–H and O–H groups in total. The van der Waals surface area contributed by atoms with E-state index in [4.69, 9.17) is 10.5 Å². The highest BCUT2D eigenvalue weighted by Gasteiger charge is 2.10. The van der Waals surface area contributed by atoms with Crippen LogP contribution in [-0.2, 0) is 4.74 Å². The number of nitrogens with two attached hydrogens (primary N) is 1. The van der Waals surface area contributed by atoms with Crippen LogP contribution in [0, 0.1) is 5.92 Å². The molecule has 0 radical (unpaired) electrons. The lowest BCUT2D eigenvalue weighted by Crippen LogP contribution is -2.30. The Hall–Kier alpha value is -0.120. The van der Waals surface area contributed by atoms with Gasteiger partial charge in [0.2, 0.25) is 0 Å². The Morgan fingerprint density at radius 3 is 2.31 bits per heavy atom. The van der Waals surface area contributed by atoms with E-state index in [1.165, 1.54) is 0 Å². The van der Waals surface area contributed by atoms with Crippen LogP contribution >= 0.6 is 0 Å². The SMILES string of the molecule is CC(C)C(CN)OCCCN(C)C. The molecule has 0 spiro atoms. The van der Waals surface area contributed by atoms with Crippen molar-refractivity contribution in [2.45, 2.75) is 26.4 Å². The van der Waals surface area contributed by atoms with Gasteiger partial charge >= 0.3 is 0 Å². The largest absolute Gasteiger partial charge is 0.377 e. The second kappa shape index (κ2) is 7.30. The van der Waals surface area contributed by atoms with Gasteiger partial charge in [0.15, 0.2) is 0 Å². The Bertz CT molecular complexity index is 115.